The number of aryl methyl sites for hydroxylation is 1. The van der Waals surface area contributed by atoms with Crippen LogP contribution in [0.3, 0.4) is 0 Å². The van der Waals surface area contributed by atoms with Crippen LogP contribution >= 0.6 is 0 Å². The molecule has 3 fully saturated rings. The van der Waals surface area contributed by atoms with Gasteiger partial charge in [-0.15, -0.1) is 6.58 Å². The molecule has 1 heteroatoms. The average molecular weight is 256 g/mol. The number of ether oxygens (including phenoxy) is 1. The van der Waals surface area contributed by atoms with E-state index in [0.29, 0.717) is 10.8 Å². The SMILES string of the molecule is C=CC12CCC(c3ccc(OC)c(C)c3)(CC1)CC2. The van der Waals surface area contributed by atoms with Gasteiger partial charge in [0.2, 0.25) is 0 Å². The van der Waals surface area contributed by atoms with Gasteiger partial charge in [-0.25, -0.2) is 0 Å². The number of hydrogen-bond acceptors (Lipinski definition) is 1. The molecule has 3 aliphatic rings. The topological polar surface area (TPSA) is 9.23 Å². The fraction of sp³-hybridized carbons (Fsp3) is 0.556. The third-order valence-electron chi connectivity index (χ3n) is 5.74. The Bertz CT molecular complexity index is 476. The van der Waals surface area contributed by atoms with Crippen LogP contribution in [0.25, 0.3) is 0 Å². The fourth-order valence-electron chi connectivity index (χ4n) is 4.16. The van der Waals surface area contributed by atoms with Gasteiger partial charge in [-0.3, -0.25) is 0 Å². The summed E-state index contributed by atoms with van der Waals surface area (Å²) in [6.07, 6.45) is 10.2. The lowest BCUT2D eigenvalue weighted by atomic mass is 9.52. The number of rotatable bonds is 3. The molecule has 1 nitrogen and oxygen atoms in total. The molecule has 4 rings (SSSR count). The molecule has 19 heavy (non-hydrogen) atoms. The highest BCUT2D eigenvalue weighted by molar-refractivity contribution is 5.40. The number of fused-ring (bicyclic) bond motifs is 3. The van der Waals surface area contributed by atoms with Crippen LogP contribution in [0.15, 0.2) is 30.9 Å². The highest BCUT2D eigenvalue weighted by atomic mass is 16.5. The standard InChI is InChI=1S/C18H24O/c1-4-17-7-10-18(11-8-17,12-9-17)15-5-6-16(19-3)14(2)13-15/h4-6,13H,1,7-12H2,2-3H3. The maximum Gasteiger partial charge on any atom is 0.121 e. The maximum atomic E-state index is 5.38. The Hall–Kier alpha value is -1.24. The van der Waals surface area contributed by atoms with E-state index in [1.165, 1.54) is 49.7 Å². The molecule has 2 bridgehead atoms. The summed E-state index contributed by atoms with van der Waals surface area (Å²) in [5.74, 6) is 1.01. The van der Waals surface area contributed by atoms with Crippen molar-refractivity contribution in [2.24, 2.45) is 5.41 Å². The van der Waals surface area contributed by atoms with Crippen molar-refractivity contribution in [1.82, 2.24) is 0 Å². The Morgan fingerprint density at radius 3 is 2.21 bits per heavy atom. The first-order valence-corrected chi connectivity index (χ1v) is 7.42. The van der Waals surface area contributed by atoms with Crippen LogP contribution in [0, 0.1) is 12.3 Å². The van der Waals surface area contributed by atoms with Crippen molar-refractivity contribution >= 4 is 0 Å². The lowest BCUT2D eigenvalue weighted by Crippen LogP contribution is -2.43. The van der Waals surface area contributed by atoms with Crippen LogP contribution < -0.4 is 4.74 Å². The Morgan fingerprint density at radius 1 is 1.11 bits per heavy atom. The molecule has 1 aromatic rings. The minimum absolute atomic E-state index is 0.432. The minimum atomic E-state index is 0.432. The second-order valence-electron chi connectivity index (χ2n) is 6.53. The average Bonchev–Trinajstić information content (AvgIpc) is 2.49. The van der Waals surface area contributed by atoms with Gasteiger partial charge in [0.25, 0.3) is 0 Å². The second kappa shape index (κ2) is 4.40. The van der Waals surface area contributed by atoms with Crippen LogP contribution in [0.4, 0.5) is 0 Å². The van der Waals surface area contributed by atoms with Crippen molar-refractivity contribution in [2.45, 2.75) is 50.9 Å². The summed E-state index contributed by atoms with van der Waals surface area (Å²) in [5, 5.41) is 0. The van der Waals surface area contributed by atoms with Gasteiger partial charge in [0, 0.05) is 0 Å². The van der Waals surface area contributed by atoms with Gasteiger partial charge < -0.3 is 4.74 Å². The largest absolute Gasteiger partial charge is 0.496 e. The molecule has 0 amide bonds. The Balaban J connectivity index is 1.91. The van der Waals surface area contributed by atoms with Crippen molar-refractivity contribution in [3.05, 3.63) is 42.0 Å². The first-order valence-electron chi connectivity index (χ1n) is 7.42. The minimum Gasteiger partial charge on any atom is -0.496 e. The molecule has 3 aliphatic carbocycles. The summed E-state index contributed by atoms with van der Waals surface area (Å²) in [6.45, 7) is 6.22. The molecule has 0 heterocycles. The zero-order valence-corrected chi connectivity index (χ0v) is 12.2. The van der Waals surface area contributed by atoms with Crippen LogP contribution in [0.2, 0.25) is 0 Å². The van der Waals surface area contributed by atoms with Crippen molar-refractivity contribution in [2.75, 3.05) is 7.11 Å². The molecule has 102 valence electrons. The number of benzene rings is 1. The van der Waals surface area contributed by atoms with Gasteiger partial charge in [-0.05, 0) is 73.5 Å². The Labute approximate surface area is 116 Å². The Kier molecular flexibility index (Phi) is 2.96. The smallest absolute Gasteiger partial charge is 0.121 e. The molecule has 0 saturated heterocycles. The molecule has 0 N–H and O–H groups in total. The lowest BCUT2D eigenvalue weighted by molar-refractivity contribution is 0.0792. The van der Waals surface area contributed by atoms with Crippen molar-refractivity contribution < 1.29 is 4.74 Å². The van der Waals surface area contributed by atoms with Gasteiger partial charge in [0.15, 0.2) is 0 Å². The van der Waals surface area contributed by atoms with Crippen LogP contribution in [0.5, 0.6) is 5.75 Å². The van der Waals surface area contributed by atoms with Crippen molar-refractivity contribution in [3.8, 4) is 5.75 Å². The van der Waals surface area contributed by atoms with Crippen LogP contribution in [-0.2, 0) is 5.41 Å². The van der Waals surface area contributed by atoms with Gasteiger partial charge in [-0.1, -0.05) is 18.2 Å². The first kappa shape index (κ1) is 12.8. The normalized spacial score (nSPS) is 33.2. The number of allylic oxidation sites excluding steroid dienone is 1. The first-order chi connectivity index (χ1) is 9.13. The van der Waals surface area contributed by atoms with Crippen LogP contribution in [-0.4, -0.2) is 7.11 Å². The predicted molar refractivity (Wildman–Crippen MR) is 79.7 cm³/mol. The summed E-state index contributed by atoms with van der Waals surface area (Å²) in [7, 11) is 1.75. The third kappa shape index (κ3) is 1.91. The second-order valence-corrected chi connectivity index (χ2v) is 6.53. The molecule has 0 radical (unpaired) electrons. The van der Waals surface area contributed by atoms with Gasteiger partial charge in [0.1, 0.15) is 5.75 Å². The van der Waals surface area contributed by atoms with E-state index in [-0.39, 0.29) is 0 Å². The van der Waals surface area contributed by atoms with E-state index in [9.17, 15) is 0 Å². The number of hydrogen-bond donors (Lipinski definition) is 0. The van der Waals surface area contributed by atoms with E-state index >= 15 is 0 Å². The number of methoxy groups -OCH3 is 1. The monoisotopic (exact) mass is 256 g/mol. The quantitative estimate of drug-likeness (QED) is 0.707. The van der Waals surface area contributed by atoms with E-state index in [1.807, 2.05) is 0 Å². The molecule has 0 aromatic heterocycles. The molecule has 3 saturated carbocycles. The summed E-state index contributed by atoms with van der Waals surface area (Å²) in [4.78, 5) is 0. The van der Waals surface area contributed by atoms with E-state index in [1.54, 1.807) is 7.11 Å². The van der Waals surface area contributed by atoms with E-state index < -0.39 is 0 Å². The van der Waals surface area contributed by atoms with Gasteiger partial charge in [0.05, 0.1) is 7.11 Å². The van der Waals surface area contributed by atoms with E-state index in [0.717, 1.165) is 5.75 Å². The van der Waals surface area contributed by atoms with Crippen molar-refractivity contribution in [3.63, 3.8) is 0 Å². The van der Waals surface area contributed by atoms with Crippen LogP contribution in [0.1, 0.15) is 49.7 Å². The zero-order chi connectivity index (χ0) is 13.5. The van der Waals surface area contributed by atoms with Crippen molar-refractivity contribution in [1.29, 1.82) is 0 Å². The van der Waals surface area contributed by atoms with E-state index in [4.69, 9.17) is 4.74 Å². The molecule has 0 spiro atoms. The summed E-state index contributed by atoms with van der Waals surface area (Å²) >= 11 is 0. The molecule has 0 atom stereocenters. The summed E-state index contributed by atoms with van der Waals surface area (Å²) < 4.78 is 5.38. The fourth-order valence-corrected chi connectivity index (χ4v) is 4.16. The summed E-state index contributed by atoms with van der Waals surface area (Å²) in [6, 6.07) is 6.78. The molecular weight excluding hydrogens is 232 g/mol. The maximum absolute atomic E-state index is 5.38. The third-order valence-corrected chi connectivity index (χ3v) is 5.74. The predicted octanol–water partition coefficient (Wildman–Crippen LogP) is 4.78. The highest BCUT2D eigenvalue weighted by Gasteiger charge is 2.47. The summed E-state index contributed by atoms with van der Waals surface area (Å²) in [5.41, 5.74) is 3.69. The zero-order valence-electron chi connectivity index (χ0n) is 12.2. The lowest BCUT2D eigenvalue weighted by Gasteiger charge is -2.53. The van der Waals surface area contributed by atoms with E-state index in [2.05, 4.69) is 37.8 Å². The molecule has 1 aromatic carbocycles. The molecular formula is C18H24O. The molecule has 0 aliphatic heterocycles. The highest BCUT2D eigenvalue weighted by Crippen LogP contribution is 2.58. The van der Waals surface area contributed by atoms with Gasteiger partial charge in [-0.2, -0.15) is 0 Å². The Morgan fingerprint density at radius 2 is 1.74 bits per heavy atom. The van der Waals surface area contributed by atoms with Gasteiger partial charge >= 0.3 is 0 Å². The molecule has 0 unspecified atom stereocenters.